The summed E-state index contributed by atoms with van der Waals surface area (Å²) in [7, 11) is 4.34. The Bertz CT molecular complexity index is 1990. The van der Waals surface area contributed by atoms with Crippen molar-refractivity contribution >= 4 is 43.6 Å². The Balaban J connectivity index is 1.45. The molecule has 0 N–H and O–H groups in total. The third-order valence-electron chi connectivity index (χ3n) is 8.72. The molecule has 4 heteroatoms. The summed E-state index contributed by atoms with van der Waals surface area (Å²) in [6.45, 7) is 0. The van der Waals surface area contributed by atoms with E-state index in [4.69, 9.17) is 9.97 Å². The maximum absolute atomic E-state index is 5.35. The van der Waals surface area contributed by atoms with Gasteiger partial charge in [0.1, 0.15) is 0 Å². The number of hydrogen-bond acceptors (Lipinski definition) is 2. The van der Waals surface area contributed by atoms with E-state index in [0.29, 0.717) is 0 Å². The lowest BCUT2D eigenvalue weighted by Gasteiger charge is -2.12. The molecule has 0 unspecified atom stereocenters. The Labute approximate surface area is 233 Å². The van der Waals surface area contributed by atoms with Crippen LogP contribution in [0.3, 0.4) is 0 Å². The van der Waals surface area contributed by atoms with E-state index in [2.05, 4.69) is 120 Å². The van der Waals surface area contributed by atoms with Gasteiger partial charge in [-0.05, 0) is 61.1 Å². The highest BCUT2D eigenvalue weighted by atomic mass is 15.0. The van der Waals surface area contributed by atoms with E-state index >= 15 is 0 Å². The van der Waals surface area contributed by atoms with Crippen molar-refractivity contribution in [2.45, 2.75) is 25.7 Å². The first-order valence-corrected chi connectivity index (χ1v) is 14.2. The van der Waals surface area contributed by atoms with E-state index in [9.17, 15) is 0 Å². The molecule has 4 aromatic heterocycles. The van der Waals surface area contributed by atoms with E-state index in [0.717, 1.165) is 58.9 Å². The molecule has 194 valence electrons. The van der Waals surface area contributed by atoms with Gasteiger partial charge < -0.3 is 9.13 Å². The Morgan fingerprint density at radius 1 is 0.525 bits per heavy atom. The smallest absolute Gasteiger partial charge is 0.0973 e. The molecule has 7 aromatic rings. The fraction of sp³-hybridized carbons (Fsp3) is 0.167. The summed E-state index contributed by atoms with van der Waals surface area (Å²) < 4.78 is 4.63. The van der Waals surface area contributed by atoms with Crippen molar-refractivity contribution in [1.29, 1.82) is 0 Å². The number of allylic oxidation sites excluding steroid dienone is 2. The van der Waals surface area contributed by atoms with Gasteiger partial charge in [0.25, 0.3) is 0 Å². The molecule has 0 fully saturated rings. The molecule has 0 radical (unpaired) electrons. The van der Waals surface area contributed by atoms with Crippen LogP contribution in [0.5, 0.6) is 0 Å². The SMILES string of the molecule is Cn1c2c(c3ccccc31)CC/C=C/CCc1c(n(C)c3ccccc13)-c1ccc3ccc4ccc-2nc4c3n1. The van der Waals surface area contributed by atoms with Crippen LogP contribution in [0.1, 0.15) is 24.0 Å². The molecule has 40 heavy (non-hydrogen) atoms. The third-order valence-corrected chi connectivity index (χ3v) is 8.72. The average Bonchev–Trinajstić information content (AvgIpc) is 3.44. The molecule has 0 aliphatic carbocycles. The van der Waals surface area contributed by atoms with Crippen molar-refractivity contribution in [2.75, 3.05) is 0 Å². The predicted octanol–water partition coefficient (Wildman–Crippen LogP) is 8.54. The van der Waals surface area contributed by atoms with Crippen LogP contribution in [0.4, 0.5) is 0 Å². The number of nitrogens with zero attached hydrogens (tertiary/aromatic N) is 4. The van der Waals surface area contributed by atoms with Crippen molar-refractivity contribution < 1.29 is 0 Å². The van der Waals surface area contributed by atoms with Gasteiger partial charge in [-0.1, -0.05) is 72.8 Å². The molecule has 4 bridgehead atoms. The van der Waals surface area contributed by atoms with Crippen LogP contribution in [0.2, 0.25) is 0 Å². The van der Waals surface area contributed by atoms with Gasteiger partial charge in [0.15, 0.2) is 0 Å². The molecular formula is C36H30N4. The van der Waals surface area contributed by atoms with Crippen LogP contribution in [0.25, 0.3) is 66.4 Å². The topological polar surface area (TPSA) is 35.6 Å². The van der Waals surface area contributed by atoms with Gasteiger partial charge in [0.05, 0.1) is 33.8 Å². The van der Waals surface area contributed by atoms with Crippen molar-refractivity contribution in [3.8, 4) is 22.8 Å². The zero-order chi connectivity index (χ0) is 26.8. The molecule has 8 rings (SSSR count). The number of rotatable bonds is 0. The Hall–Kier alpha value is -4.70. The van der Waals surface area contributed by atoms with Gasteiger partial charge in [-0.15, -0.1) is 0 Å². The zero-order valence-corrected chi connectivity index (χ0v) is 22.9. The minimum absolute atomic E-state index is 0.959. The summed E-state index contributed by atoms with van der Waals surface area (Å²) in [6.07, 6.45) is 8.68. The number of fused-ring (bicyclic) bond motifs is 10. The normalized spacial score (nSPS) is 14.6. The summed E-state index contributed by atoms with van der Waals surface area (Å²) in [5.74, 6) is 0. The second kappa shape index (κ2) is 8.92. The lowest BCUT2D eigenvalue weighted by atomic mass is 10.0. The highest BCUT2D eigenvalue weighted by Crippen LogP contribution is 2.37. The zero-order valence-electron chi connectivity index (χ0n) is 22.9. The van der Waals surface area contributed by atoms with Crippen LogP contribution in [0.15, 0.2) is 97.1 Å². The van der Waals surface area contributed by atoms with E-state index in [1.54, 1.807) is 0 Å². The average molecular weight is 519 g/mol. The molecule has 0 amide bonds. The van der Waals surface area contributed by atoms with Gasteiger partial charge in [0.2, 0.25) is 0 Å². The molecular weight excluding hydrogens is 488 g/mol. The minimum atomic E-state index is 0.959. The fourth-order valence-electron chi connectivity index (χ4n) is 6.83. The van der Waals surface area contributed by atoms with Gasteiger partial charge in [-0.3, -0.25) is 0 Å². The second-order valence-corrected chi connectivity index (χ2v) is 11.0. The largest absolute Gasteiger partial charge is 0.342 e. The first-order valence-electron chi connectivity index (χ1n) is 14.2. The van der Waals surface area contributed by atoms with Crippen LogP contribution in [0, 0.1) is 0 Å². The predicted molar refractivity (Wildman–Crippen MR) is 167 cm³/mol. The molecule has 0 atom stereocenters. The third kappa shape index (κ3) is 3.39. The van der Waals surface area contributed by atoms with Crippen molar-refractivity contribution in [3.63, 3.8) is 0 Å². The standard InChI is InChI=1S/C36H30N4/c1-39-31-15-9-7-11-25(31)27-13-5-3-4-6-14-28-26-12-8-10-16-32(26)40(2)36(28)30-22-20-24-18-17-23-19-21-29(35(27)39)37-33(23)34(24)38-30/h3-4,7-12,15-22H,5-6,13-14H2,1-2H3/b4-3+. The summed E-state index contributed by atoms with van der Waals surface area (Å²) >= 11 is 0. The molecule has 0 saturated carbocycles. The van der Waals surface area contributed by atoms with E-state index < -0.39 is 0 Å². The van der Waals surface area contributed by atoms with Crippen molar-refractivity contribution in [2.24, 2.45) is 14.1 Å². The van der Waals surface area contributed by atoms with Gasteiger partial charge in [0, 0.05) is 46.7 Å². The van der Waals surface area contributed by atoms with E-state index in [-0.39, 0.29) is 0 Å². The van der Waals surface area contributed by atoms with Crippen molar-refractivity contribution in [3.05, 3.63) is 108 Å². The first kappa shape index (κ1) is 23.2. The monoisotopic (exact) mass is 518 g/mol. The Kier molecular flexibility index (Phi) is 5.18. The van der Waals surface area contributed by atoms with Crippen LogP contribution >= 0.6 is 0 Å². The maximum Gasteiger partial charge on any atom is 0.0973 e. The number of aromatic nitrogens is 4. The first-order chi connectivity index (χ1) is 19.7. The molecule has 0 saturated heterocycles. The number of aryl methyl sites for hydroxylation is 4. The number of benzene rings is 3. The lowest BCUT2D eigenvalue weighted by molar-refractivity contribution is 0.927. The minimum Gasteiger partial charge on any atom is -0.342 e. The Morgan fingerprint density at radius 2 is 0.950 bits per heavy atom. The quantitative estimate of drug-likeness (QED) is 0.149. The molecule has 1 aliphatic heterocycles. The highest BCUT2D eigenvalue weighted by Gasteiger charge is 2.20. The fourth-order valence-corrected chi connectivity index (χ4v) is 6.83. The molecule has 4 nitrogen and oxygen atoms in total. The van der Waals surface area contributed by atoms with Crippen LogP contribution in [-0.2, 0) is 26.9 Å². The maximum atomic E-state index is 5.35. The summed E-state index contributed by atoms with van der Waals surface area (Å²) in [5.41, 5.74) is 11.6. The van der Waals surface area contributed by atoms with E-state index in [1.807, 2.05) is 0 Å². The highest BCUT2D eigenvalue weighted by molar-refractivity contribution is 6.05. The molecule has 5 heterocycles. The van der Waals surface area contributed by atoms with Crippen molar-refractivity contribution in [1.82, 2.24) is 19.1 Å². The lowest BCUT2D eigenvalue weighted by Crippen LogP contribution is -1.99. The molecule has 0 spiro atoms. The van der Waals surface area contributed by atoms with Gasteiger partial charge in [-0.25, -0.2) is 9.97 Å². The summed E-state index contributed by atoms with van der Waals surface area (Å²) in [4.78, 5) is 10.7. The second-order valence-electron chi connectivity index (χ2n) is 11.0. The number of para-hydroxylation sites is 2. The van der Waals surface area contributed by atoms with Gasteiger partial charge in [-0.2, -0.15) is 0 Å². The van der Waals surface area contributed by atoms with Gasteiger partial charge >= 0.3 is 0 Å². The van der Waals surface area contributed by atoms with Crippen LogP contribution in [-0.4, -0.2) is 19.1 Å². The summed E-state index contributed by atoms with van der Waals surface area (Å²) in [5, 5.41) is 4.86. The Morgan fingerprint density at radius 3 is 1.43 bits per heavy atom. The molecule has 3 aromatic carbocycles. The summed E-state index contributed by atoms with van der Waals surface area (Å²) in [6, 6.07) is 30.6. The molecule has 1 aliphatic rings. The number of pyridine rings is 2. The van der Waals surface area contributed by atoms with Crippen LogP contribution < -0.4 is 0 Å². The van der Waals surface area contributed by atoms with E-state index in [1.165, 1.54) is 44.3 Å². The number of hydrogen-bond donors (Lipinski definition) is 0.